The summed E-state index contributed by atoms with van der Waals surface area (Å²) in [6.45, 7) is 4.74. The van der Waals surface area contributed by atoms with Crippen molar-refractivity contribution in [1.82, 2.24) is 14.8 Å². The SMILES string of the molecule is CCCC[Si](C)(Cn1cncn1)c1ccc(-c2ccccc2)cc1. The zero-order chi connectivity index (χ0) is 16.8. The molecular weight excluding hydrogens is 310 g/mol. The van der Waals surface area contributed by atoms with Gasteiger partial charge < -0.3 is 0 Å². The topological polar surface area (TPSA) is 30.7 Å². The lowest BCUT2D eigenvalue weighted by atomic mass is 10.1. The first-order valence-electron chi connectivity index (χ1n) is 8.70. The average molecular weight is 336 g/mol. The third-order valence-corrected chi connectivity index (χ3v) is 8.95. The highest BCUT2D eigenvalue weighted by Gasteiger charge is 2.30. The summed E-state index contributed by atoms with van der Waals surface area (Å²) in [5.74, 6) is 0. The summed E-state index contributed by atoms with van der Waals surface area (Å²) in [7, 11) is -1.61. The predicted octanol–water partition coefficient (Wildman–Crippen LogP) is 4.27. The predicted molar refractivity (Wildman–Crippen MR) is 103 cm³/mol. The second-order valence-electron chi connectivity index (χ2n) is 6.70. The Labute approximate surface area is 145 Å². The van der Waals surface area contributed by atoms with Gasteiger partial charge in [0.15, 0.2) is 0 Å². The molecule has 0 aliphatic heterocycles. The van der Waals surface area contributed by atoms with Crippen molar-refractivity contribution in [1.29, 1.82) is 0 Å². The molecule has 0 amide bonds. The van der Waals surface area contributed by atoms with E-state index in [-0.39, 0.29) is 0 Å². The largest absolute Gasteiger partial charge is 0.256 e. The lowest BCUT2D eigenvalue weighted by Gasteiger charge is -2.28. The molecule has 0 fully saturated rings. The molecule has 0 bridgehead atoms. The van der Waals surface area contributed by atoms with Crippen molar-refractivity contribution < 1.29 is 0 Å². The van der Waals surface area contributed by atoms with Crippen molar-refractivity contribution in [3.63, 3.8) is 0 Å². The van der Waals surface area contributed by atoms with Crippen molar-refractivity contribution in [3.8, 4) is 11.1 Å². The van der Waals surface area contributed by atoms with Crippen LogP contribution < -0.4 is 5.19 Å². The summed E-state index contributed by atoms with van der Waals surface area (Å²) >= 11 is 0. The molecule has 3 nitrogen and oxygen atoms in total. The van der Waals surface area contributed by atoms with Gasteiger partial charge in [0.25, 0.3) is 0 Å². The van der Waals surface area contributed by atoms with Gasteiger partial charge in [0.05, 0.1) is 0 Å². The number of rotatable bonds is 7. The van der Waals surface area contributed by atoms with E-state index in [2.05, 4.69) is 78.2 Å². The van der Waals surface area contributed by atoms with E-state index in [1.54, 1.807) is 6.33 Å². The molecule has 0 saturated carbocycles. The van der Waals surface area contributed by atoms with E-state index in [0.29, 0.717) is 0 Å². The number of unbranched alkanes of at least 4 members (excludes halogenated alkanes) is 1. The van der Waals surface area contributed by atoms with Crippen LogP contribution in [-0.4, -0.2) is 22.8 Å². The maximum Gasteiger partial charge on any atom is 0.137 e. The van der Waals surface area contributed by atoms with Crippen molar-refractivity contribution >= 4 is 13.3 Å². The Balaban J connectivity index is 1.87. The molecule has 4 heteroatoms. The van der Waals surface area contributed by atoms with Crippen LogP contribution in [0.25, 0.3) is 11.1 Å². The lowest BCUT2D eigenvalue weighted by Crippen LogP contribution is -2.49. The van der Waals surface area contributed by atoms with Gasteiger partial charge in [-0.2, -0.15) is 5.10 Å². The van der Waals surface area contributed by atoms with Gasteiger partial charge in [0.2, 0.25) is 0 Å². The molecule has 0 radical (unpaired) electrons. The van der Waals surface area contributed by atoms with Crippen LogP contribution in [0.15, 0.2) is 67.3 Å². The van der Waals surface area contributed by atoms with Crippen LogP contribution in [0.2, 0.25) is 12.6 Å². The van der Waals surface area contributed by atoms with Gasteiger partial charge in [0.1, 0.15) is 20.7 Å². The van der Waals surface area contributed by atoms with Crippen molar-refractivity contribution in [2.24, 2.45) is 0 Å². The van der Waals surface area contributed by atoms with Crippen LogP contribution in [0, 0.1) is 0 Å². The maximum atomic E-state index is 4.34. The Kier molecular flexibility index (Phi) is 5.26. The monoisotopic (exact) mass is 335 g/mol. The average Bonchev–Trinajstić information content (AvgIpc) is 3.14. The molecule has 1 heterocycles. The van der Waals surface area contributed by atoms with Gasteiger partial charge >= 0.3 is 0 Å². The quantitative estimate of drug-likeness (QED) is 0.604. The Morgan fingerprint density at radius 3 is 2.29 bits per heavy atom. The fourth-order valence-electron chi connectivity index (χ4n) is 3.25. The molecule has 0 aliphatic rings. The number of nitrogens with zero attached hydrogens (tertiary/aromatic N) is 3. The second kappa shape index (κ2) is 7.58. The zero-order valence-electron chi connectivity index (χ0n) is 14.5. The molecular formula is C20H25N3Si. The first kappa shape index (κ1) is 16.6. The molecule has 0 spiro atoms. The molecule has 0 saturated heterocycles. The third kappa shape index (κ3) is 3.82. The van der Waals surface area contributed by atoms with Gasteiger partial charge in [0, 0.05) is 6.17 Å². The van der Waals surface area contributed by atoms with E-state index in [1.165, 1.54) is 35.2 Å². The molecule has 3 rings (SSSR count). The van der Waals surface area contributed by atoms with Gasteiger partial charge in [-0.1, -0.05) is 92.1 Å². The summed E-state index contributed by atoms with van der Waals surface area (Å²) < 4.78 is 2.01. The minimum Gasteiger partial charge on any atom is -0.256 e. The highest BCUT2D eigenvalue weighted by Crippen LogP contribution is 2.21. The number of aromatic nitrogens is 3. The Morgan fingerprint density at radius 2 is 1.67 bits per heavy atom. The van der Waals surface area contributed by atoms with Gasteiger partial charge in [-0.3, -0.25) is 4.68 Å². The first-order chi connectivity index (χ1) is 11.7. The van der Waals surface area contributed by atoms with Gasteiger partial charge in [-0.05, 0) is 11.1 Å². The van der Waals surface area contributed by atoms with E-state index in [1.807, 2.05) is 11.0 Å². The smallest absolute Gasteiger partial charge is 0.137 e. The number of benzene rings is 2. The summed E-state index contributed by atoms with van der Waals surface area (Å²) in [6, 6.07) is 21.1. The van der Waals surface area contributed by atoms with Crippen LogP contribution in [-0.2, 0) is 6.17 Å². The van der Waals surface area contributed by atoms with Gasteiger partial charge in [-0.15, -0.1) is 0 Å². The van der Waals surface area contributed by atoms with Crippen LogP contribution >= 0.6 is 0 Å². The Morgan fingerprint density at radius 1 is 0.958 bits per heavy atom. The van der Waals surface area contributed by atoms with Crippen LogP contribution in [0.3, 0.4) is 0 Å². The minimum atomic E-state index is -1.61. The molecule has 0 N–H and O–H groups in total. The molecule has 2 aromatic carbocycles. The summed E-state index contributed by atoms with van der Waals surface area (Å²) in [5.41, 5.74) is 2.56. The molecule has 24 heavy (non-hydrogen) atoms. The molecule has 3 aromatic rings. The minimum absolute atomic E-state index is 0.998. The first-order valence-corrected chi connectivity index (χ1v) is 11.6. The Bertz CT molecular complexity index is 738. The third-order valence-electron chi connectivity index (χ3n) is 4.75. The number of hydrogen-bond acceptors (Lipinski definition) is 2. The lowest BCUT2D eigenvalue weighted by molar-refractivity contribution is 0.715. The fourth-order valence-corrected chi connectivity index (χ4v) is 6.86. The molecule has 124 valence electrons. The zero-order valence-corrected chi connectivity index (χ0v) is 15.5. The highest BCUT2D eigenvalue weighted by molar-refractivity contribution is 6.89. The summed E-state index contributed by atoms with van der Waals surface area (Å²) in [4.78, 5) is 4.11. The van der Waals surface area contributed by atoms with E-state index in [9.17, 15) is 0 Å². The molecule has 0 aliphatic carbocycles. The van der Waals surface area contributed by atoms with Crippen LogP contribution in [0.5, 0.6) is 0 Å². The normalized spacial score (nSPS) is 13.6. The Hall–Kier alpha value is -2.20. The molecule has 1 aromatic heterocycles. The van der Waals surface area contributed by atoms with Gasteiger partial charge in [-0.25, -0.2) is 4.98 Å². The van der Waals surface area contributed by atoms with Crippen LogP contribution in [0.1, 0.15) is 19.8 Å². The molecule has 1 unspecified atom stereocenters. The number of hydrogen-bond donors (Lipinski definition) is 0. The van der Waals surface area contributed by atoms with Crippen molar-refractivity contribution in [2.75, 3.05) is 0 Å². The van der Waals surface area contributed by atoms with Crippen molar-refractivity contribution in [3.05, 3.63) is 67.3 Å². The van der Waals surface area contributed by atoms with E-state index < -0.39 is 8.07 Å². The highest BCUT2D eigenvalue weighted by atomic mass is 28.3. The van der Waals surface area contributed by atoms with E-state index in [0.717, 1.165) is 6.17 Å². The second-order valence-corrected chi connectivity index (χ2v) is 11.2. The maximum absolute atomic E-state index is 4.34. The fraction of sp³-hybridized carbons (Fsp3) is 0.300. The van der Waals surface area contributed by atoms with E-state index >= 15 is 0 Å². The summed E-state index contributed by atoms with van der Waals surface area (Å²) in [6.07, 6.45) is 6.99. The summed E-state index contributed by atoms with van der Waals surface area (Å²) in [5, 5.41) is 5.85. The van der Waals surface area contributed by atoms with Crippen molar-refractivity contribution in [2.45, 2.75) is 38.5 Å². The molecule has 1 atom stereocenters. The van der Waals surface area contributed by atoms with E-state index in [4.69, 9.17) is 0 Å². The van der Waals surface area contributed by atoms with Crippen LogP contribution in [0.4, 0.5) is 0 Å². The standard InChI is InChI=1S/C20H25N3Si/c1-3-4-14-24(2,17-23-16-21-15-22-23)20-12-10-19(11-13-20)18-8-6-5-7-9-18/h5-13,15-16H,3-4,14,17H2,1-2H3.